The van der Waals surface area contributed by atoms with Crippen LogP contribution in [0.25, 0.3) is 0 Å². The second kappa shape index (κ2) is 5.56. The van der Waals surface area contributed by atoms with Crippen molar-refractivity contribution in [3.05, 3.63) is 36.2 Å². The van der Waals surface area contributed by atoms with Crippen LogP contribution >= 0.6 is 0 Å². The van der Waals surface area contributed by atoms with Gasteiger partial charge in [-0.15, -0.1) is 0 Å². The Balaban J connectivity index is 2.22. The molecule has 2 rings (SSSR count). The lowest BCUT2D eigenvalue weighted by molar-refractivity contribution is 0.991. The van der Waals surface area contributed by atoms with Crippen molar-refractivity contribution < 1.29 is 0 Å². The second-order valence-electron chi connectivity index (χ2n) is 4.51. The summed E-state index contributed by atoms with van der Waals surface area (Å²) in [6.07, 6.45) is 0. The molecule has 1 aromatic heterocycles. The molecule has 0 aliphatic rings. The van der Waals surface area contributed by atoms with Gasteiger partial charge < -0.3 is 15.5 Å². The topological polar surface area (TPSA) is 53.1 Å². The van der Waals surface area contributed by atoms with E-state index in [0.29, 0.717) is 0 Å². The van der Waals surface area contributed by atoms with Gasteiger partial charge in [0, 0.05) is 38.6 Å². The first-order valence-electron chi connectivity index (χ1n) is 6.16. The fraction of sp³-hybridized carbons (Fsp3) is 0.286. The SMILES string of the molecule is CNc1ccc(Nc2cc(N(C)C)nc(C)n2)cc1. The van der Waals surface area contributed by atoms with Crippen LogP contribution in [-0.2, 0) is 0 Å². The molecule has 5 heteroatoms. The van der Waals surface area contributed by atoms with Crippen molar-refractivity contribution in [2.45, 2.75) is 6.92 Å². The van der Waals surface area contributed by atoms with Gasteiger partial charge in [0.2, 0.25) is 0 Å². The Labute approximate surface area is 113 Å². The van der Waals surface area contributed by atoms with Crippen molar-refractivity contribution >= 4 is 23.0 Å². The molecule has 100 valence electrons. The van der Waals surface area contributed by atoms with Crippen LogP contribution in [-0.4, -0.2) is 31.1 Å². The van der Waals surface area contributed by atoms with Gasteiger partial charge in [0.05, 0.1) is 0 Å². The molecule has 0 saturated carbocycles. The molecule has 2 aromatic rings. The van der Waals surface area contributed by atoms with Crippen molar-refractivity contribution in [2.24, 2.45) is 0 Å². The molecule has 0 saturated heterocycles. The van der Waals surface area contributed by atoms with Crippen LogP contribution in [0.1, 0.15) is 5.82 Å². The number of nitrogens with zero attached hydrogens (tertiary/aromatic N) is 3. The van der Waals surface area contributed by atoms with Gasteiger partial charge >= 0.3 is 0 Å². The monoisotopic (exact) mass is 257 g/mol. The number of hydrogen-bond donors (Lipinski definition) is 2. The van der Waals surface area contributed by atoms with Gasteiger partial charge in [0.1, 0.15) is 17.5 Å². The predicted molar refractivity (Wildman–Crippen MR) is 80.4 cm³/mol. The lowest BCUT2D eigenvalue weighted by Crippen LogP contribution is -2.12. The van der Waals surface area contributed by atoms with Gasteiger partial charge in [-0.3, -0.25) is 0 Å². The van der Waals surface area contributed by atoms with Gasteiger partial charge in [-0.05, 0) is 31.2 Å². The van der Waals surface area contributed by atoms with E-state index in [1.807, 2.05) is 63.3 Å². The number of hydrogen-bond acceptors (Lipinski definition) is 5. The number of nitrogens with one attached hydrogen (secondary N) is 2. The Hall–Kier alpha value is -2.30. The van der Waals surface area contributed by atoms with E-state index in [9.17, 15) is 0 Å². The highest BCUT2D eigenvalue weighted by Crippen LogP contribution is 2.20. The van der Waals surface area contributed by atoms with E-state index in [-0.39, 0.29) is 0 Å². The summed E-state index contributed by atoms with van der Waals surface area (Å²) in [6.45, 7) is 1.89. The minimum Gasteiger partial charge on any atom is -0.388 e. The molecule has 1 heterocycles. The Bertz CT molecular complexity index is 548. The van der Waals surface area contributed by atoms with E-state index in [1.54, 1.807) is 0 Å². The number of aromatic nitrogens is 2. The molecular weight excluding hydrogens is 238 g/mol. The molecule has 0 amide bonds. The summed E-state index contributed by atoms with van der Waals surface area (Å²) in [5, 5.41) is 6.38. The standard InChI is InChI=1S/C14H19N5/c1-10-16-13(9-14(17-10)19(3)4)18-12-7-5-11(15-2)6-8-12/h5-9,15H,1-4H3,(H,16,17,18). The van der Waals surface area contributed by atoms with Crippen molar-refractivity contribution in [3.8, 4) is 0 Å². The van der Waals surface area contributed by atoms with Crippen molar-refractivity contribution in [2.75, 3.05) is 36.7 Å². The average Bonchev–Trinajstić information content (AvgIpc) is 2.39. The van der Waals surface area contributed by atoms with Crippen LogP contribution in [0.2, 0.25) is 0 Å². The lowest BCUT2D eigenvalue weighted by atomic mass is 10.3. The van der Waals surface area contributed by atoms with E-state index >= 15 is 0 Å². The molecule has 0 spiro atoms. The number of benzene rings is 1. The summed E-state index contributed by atoms with van der Waals surface area (Å²) in [7, 11) is 5.83. The van der Waals surface area contributed by atoms with Crippen molar-refractivity contribution in [1.82, 2.24) is 9.97 Å². The van der Waals surface area contributed by atoms with Crippen LogP contribution in [0.15, 0.2) is 30.3 Å². The second-order valence-corrected chi connectivity index (χ2v) is 4.51. The molecule has 0 aliphatic carbocycles. The summed E-state index contributed by atoms with van der Waals surface area (Å²) in [5.41, 5.74) is 2.08. The van der Waals surface area contributed by atoms with E-state index in [4.69, 9.17) is 0 Å². The molecule has 2 N–H and O–H groups in total. The third-order valence-electron chi connectivity index (χ3n) is 2.73. The summed E-state index contributed by atoms with van der Waals surface area (Å²) in [4.78, 5) is 10.7. The molecule has 0 atom stereocenters. The average molecular weight is 257 g/mol. The molecular formula is C14H19N5. The third-order valence-corrected chi connectivity index (χ3v) is 2.73. The van der Waals surface area contributed by atoms with Crippen LogP contribution < -0.4 is 15.5 Å². The Morgan fingerprint density at radius 3 is 2.21 bits per heavy atom. The number of rotatable bonds is 4. The van der Waals surface area contributed by atoms with E-state index in [1.165, 1.54) is 0 Å². The predicted octanol–water partition coefficient (Wildman–Crippen LogP) is 2.64. The summed E-state index contributed by atoms with van der Waals surface area (Å²) in [5.74, 6) is 2.44. The molecule has 1 aromatic carbocycles. The maximum atomic E-state index is 4.39. The number of aryl methyl sites for hydroxylation is 1. The van der Waals surface area contributed by atoms with Crippen molar-refractivity contribution in [1.29, 1.82) is 0 Å². The molecule has 0 bridgehead atoms. The van der Waals surface area contributed by atoms with Crippen LogP contribution in [0.4, 0.5) is 23.0 Å². The van der Waals surface area contributed by atoms with E-state index < -0.39 is 0 Å². The van der Waals surface area contributed by atoms with Gasteiger partial charge in [0.25, 0.3) is 0 Å². The highest BCUT2D eigenvalue weighted by atomic mass is 15.2. The van der Waals surface area contributed by atoms with Gasteiger partial charge in [-0.2, -0.15) is 0 Å². The van der Waals surface area contributed by atoms with Crippen LogP contribution in [0.3, 0.4) is 0 Å². The molecule has 5 nitrogen and oxygen atoms in total. The fourth-order valence-electron chi connectivity index (χ4n) is 1.71. The first-order valence-corrected chi connectivity index (χ1v) is 6.16. The molecule has 0 radical (unpaired) electrons. The molecule has 0 aliphatic heterocycles. The minimum atomic E-state index is 0.751. The quantitative estimate of drug-likeness (QED) is 0.882. The van der Waals surface area contributed by atoms with Gasteiger partial charge in [-0.25, -0.2) is 9.97 Å². The van der Waals surface area contributed by atoms with E-state index in [2.05, 4.69) is 20.6 Å². The Morgan fingerprint density at radius 1 is 1.00 bits per heavy atom. The minimum absolute atomic E-state index is 0.751. The first-order chi connectivity index (χ1) is 9.08. The lowest BCUT2D eigenvalue weighted by Gasteiger charge is -2.14. The maximum absolute atomic E-state index is 4.39. The fourth-order valence-corrected chi connectivity index (χ4v) is 1.71. The molecule has 19 heavy (non-hydrogen) atoms. The van der Waals surface area contributed by atoms with Crippen LogP contribution in [0.5, 0.6) is 0 Å². The smallest absolute Gasteiger partial charge is 0.136 e. The van der Waals surface area contributed by atoms with E-state index in [0.717, 1.165) is 28.8 Å². The highest BCUT2D eigenvalue weighted by molar-refractivity contribution is 5.62. The summed E-state index contributed by atoms with van der Waals surface area (Å²) in [6, 6.07) is 9.99. The van der Waals surface area contributed by atoms with Gasteiger partial charge in [0.15, 0.2) is 0 Å². The maximum Gasteiger partial charge on any atom is 0.136 e. The number of anilines is 4. The first kappa shape index (κ1) is 13.1. The summed E-state index contributed by atoms with van der Waals surface area (Å²) < 4.78 is 0. The zero-order valence-corrected chi connectivity index (χ0v) is 11.7. The third kappa shape index (κ3) is 3.34. The largest absolute Gasteiger partial charge is 0.388 e. The van der Waals surface area contributed by atoms with Crippen LogP contribution in [0, 0.1) is 6.92 Å². The highest BCUT2D eigenvalue weighted by Gasteiger charge is 2.04. The van der Waals surface area contributed by atoms with Gasteiger partial charge in [-0.1, -0.05) is 0 Å². The summed E-state index contributed by atoms with van der Waals surface area (Å²) >= 11 is 0. The van der Waals surface area contributed by atoms with Crippen molar-refractivity contribution in [3.63, 3.8) is 0 Å². The zero-order valence-electron chi connectivity index (χ0n) is 11.7. The Morgan fingerprint density at radius 2 is 1.63 bits per heavy atom. The molecule has 0 fully saturated rings. The zero-order chi connectivity index (χ0) is 13.8. The normalized spacial score (nSPS) is 10.1. The molecule has 0 unspecified atom stereocenters. The Kier molecular flexibility index (Phi) is 3.85.